The first-order valence-corrected chi connectivity index (χ1v) is 11.9. The highest BCUT2D eigenvalue weighted by molar-refractivity contribution is 5.94. The molecule has 3 aliphatic carbocycles. The Labute approximate surface area is 200 Å². The van der Waals surface area contributed by atoms with Gasteiger partial charge < -0.3 is 15.4 Å². The molecule has 0 saturated heterocycles. The van der Waals surface area contributed by atoms with Crippen molar-refractivity contribution in [2.45, 2.75) is 31.7 Å². The second-order valence-electron chi connectivity index (χ2n) is 9.55. The highest BCUT2D eigenvalue weighted by Gasteiger charge is 2.47. The number of benzene rings is 2. The molecule has 3 saturated carbocycles. The minimum Gasteiger partial charge on any atom is -0.481 e. The minimum atomic E-state index is -0.781. The van der Waals surface area contributed by atoms with Crippen molar-refractivity contribution in [1.82, 2.24) is 15.0 Å². The zero-order valence-electron chi connectivity index (χ0n) is 18.8. The number of aromatic amines is 1. The fourth-order valence-corrected chi connectivity index (χ4v) is 5.92. The number of rotatable bonds is 5. The maximum Gasteiger partial charge on any atom is 0.308 e. The summed E-state index contributed by atoms with van der Waals surface area (Å²) in [5.74, 6) is -1.40. The molecule has 35 heavy (non-hydrogen) atoms. The lowest BCUT2D eigenvalue weighted by molar-refractivity contribution is -0.148. The Kier molecular flexibility index (Phi) is 5.24. The molecule has 0 spiro atoms. The van der Waals surface area contributed by atoms with E-state index < -0.39 is 23.5 Å². The Morgan fingerprint density at radius 2 is 1.74 bits per heavy atom. The molecule has 8 heteroatoms. The first kappa shape index (κ1) is 21.7. The van der Waals surface area contributed by atoms with E-state index in [2.05, 4.69) is 10.3 Å². The monoisotopic (exact) mass is 474 g/mol. The van der Waals surface area contributed by atoms with Gasteiger partial charge in [-0.05, 0) is 43.6 Å². The molecule has 2 heterocycles. The van der Waals surface area contributed by atoms with E-state index in [0.717, 1.165) is 37.3 Å². The zero-order chi connectivity index (χ0) is 24.1. The van der Waals surface area contributed by atoms with Crippen molar-refractivity contribution in [3.8, 4) is 22.6 Å². The van der Waals surface area contributed by atoms with E-state index in [4.69, 9.17) is 9.97 Å². The highest BCUT2D eigenvalue weighted by atomic mass is 19.1. The summed E-state index contributed by atoms with van der Waals surface area (Å²) in [5, 5.41) is 13.8. The summed E-state index contributed by atoms with van der Waals surface area (Å²) in [6, 6.07) is 13.2. The van der Waals surface area contributed by atoms with E-state index in [1.807, 2.05) is 36.4 Å². The Hall–Kier alpha value is -3.81. The molecule has 2 unspecified atom stereocenters. The molecule has 178 valence electrons. The molecule has 7 rings (SSSR count). The molecule has 3 aliphatic rings. The Balaban J connectivity index is 1.47. The number of nitrogens with one attached hydrogen (secondary N) is 2. The first-order chi connectivity index (χ1) is 17.0. The average molecular weight is 475 g/mol. The maximum absolute atomic E-state index is 14.3. The molecular weight excluding hydrogens is 450 g/mol. The van der Waals surface area contributed by atoms with Gasteiger partial charge in [-0.1, -0.05) is 30.3 Å². The van der Waals surface area contributed by atoms with Crippen LogP contribution in [0.25, 0.3) is 33.5 Å². The van der Waals surface area contributed by atoms with E-state index in [1.165, 1.54) is 6.07 Å². The number of anilines is 1. The number of hydrogen-bond acceptors (Lipinski definition) is 4. The summed E-state index contributed by atoms with van der Waals surface area (Å²) in [5.41, 5.74) is 2.15. The number of aromatic nitrogens is 3. The molecule has 2 bridgehead atoms. The minimum absolute atomic E-state index is 0.157. The molecule has 6 nitrogen and oxygen atoms in total. The van der Waals surface area contributed by atoms with Crippen LogP contribution in [0.3, 0.4) is 0 Å². The van der Waals surface area contributed by atoms with Crippen LogP contribution in [0.1, 0.15) is 25.7 Å². The summed E-state index contributed by atoms with van der Waals surface area (Å²) < 4.78 is 28.4. The number of carbonyl (C=O) groups is 1. The zero-order valence-corrected chi connectivity index (χ0v) is 18.8. The van der Waals surface area contributed by atoms with Gasteiger partial charge in [0.1, 0.15) is 17.5 Å². The summed E-state index contributed by atoms with van der Waals surface area (Å²) in [6.45, 7) is 0. The van der Waals surface area contributed by atoms with Gasteiger partial charge in [-0.2, -0.15) is 0 Å². The van der Waals surface area contributed by atoms with Crippen LogP contribution in [0.2, 0.25) is 0 Å². The third-order valence-corrected chi connectivity index (χ3v) is 7.56. The Morgan fingerprint density at radius 3 is 2.49 bits per heavy atom. The predicted molar refractivity (Wildman–Crippen MR) is 129 cm³/mol. The van der Waals surface area contributed by atoms with Gasteiger partial charge in [0.2, 0.25) is 0 Å². The maximum atomic E-state index is 14.3. The van der Waals surface area contributed by atoms with Crippen molar-refractivity contribution >= 4 is 22.7 Å². The van der Waals surface area contributed by atoms with Gasteiger partial charge in [0.05, 0.1) is 17.1 Å². The van der Waals surface area contributed by atoms with Crippen LogP contribution in [-0.2, 0) is 4.79 Å². The van der Waals surface area contributed by atoms with Crippen LogP contribution in [0.5, 0.6) is 0 Å². The largest absolute Gasteiger partial charge is 0.481 e. The first-order valence-electron chi connectivity index (χ1n) is 11.9. The van der Waals surface area contributed by atoms with E-state index in [-0.39, 0.29) is 23.4 Å². The molecule has 3 fully saturated rings. The standard InChI is InChI=1S/C27H24F2N4O2/c28-17-10-18-19(13-30-25(18)20(29)11-17)26-31-21(14-4-2-1-3-5-14)12-22(33-26)32-24-16-8-6-15(7-9-16)23(24)27(34)35/h1-5,10-13,15-16,23-24,30H,6-9H2,(H,34,35)(H,31,32,33). The summed E-state index contributed by atoms with van der Waals surface area (Å²) >= 11 is 0. The van der Waals surface area contributed by atoms with E-state index >= 15 is 0 Å². The smallest absolute Gasteiger partial charge is 0.308 e. The summed E-state index contributed by atoms with van der Waals surface area (Å²) in [7, 11) is 0. The molecule has 4 aromatic rings. The van der Waals surface area contributed by atoms with E-state index in [0.29, 0.717) is 28.3 Å². The third kappa shape index (κ3) is 3.83. The lowest BCUT2D eigenvalue weighted by Crippen LogP contribution is -2.51. The van der Waals surface area contributed by atoms with Crippen LogP contribution in [0.15, 0.2) is 54.7 Å². The summed E-state index contributed by atoms with van der Waals surface area (Å²) in [6.07, 6.45) is 5.45. The Bertz CT molecular complexity index is 1410. The molecule has 0 aliphatic heterocycles. The lowest BCUT2D eigenvalue weighted by atomic mass is 9.61. The number of hydrogen-bond donors (Lipinski definition) is 3. The van der Waals surface area contributed by atoms with Crippen LogP contribution in [0.4, 0.5) is 14.6 Å². The SMILES string of the molecule is O=C(O)C1C2CCC(CC2)C1Nc1cc(-c2ccccc2)nc(-c2c[nH]c3c(F)cc(F)cc23)n1. The van der Waals surface area contributed by atoms with Gasteiger partial charge >= 0.3 is 5.97 Å². The number of carboxylic acid groups (broad SMARTS) is 1. The van der Waals surface area contributed by atoms with Crippen molar-refractivity contribution in [2.24, 2.45) is 17.8 Å². The van der Waals surface area contributed by atoms with Crippen molar-refractivity contribution in [3.05, 3.63) is 66.4 Å². The van der Waals surface area contributed by atoms with Crippen molar-refractivity contribution in [1.29, 1.82) is 0 Å². The van der Waals surface area contributed by atoms with E-state index in [9.17, 15) is 18.7 Å². The van der Waals surface area contributed by atoms with Crippen molar-refractivity contribution in [3.63, 3.8) is 0 Å². The predicted octanol–water partition coefficient (Wildman–Crippen LogP) is 5.87. The van der Waals surface area contributed by atoms with Gasteiger partial charge in [0, 0.05) is 40.9 Å². The second-order valence-corrected chi connectivity index (χ2v) is 9.55. The van der Waals surface area contributed by atoms with Gasteiger partial charge in [-0.15, -0.1) is 0 Å². The second kappa shape index (κ2) is 8.45. The van der Waals surface area contributed by atoms with Crippen LogP contribution in [-0.4, -0.2) is 32.1 Å². The third-order valence-electron chi connectivity index (χ3n) is 7.56. The Morgan fingerprint density at radius 1 is 1.00 bits per heavy atom. The van der Waals surface area contributed by atoms with Gasteiger partial charge in [-0.25, -0.2) is 18.7 Å². The molecule has 0 amide bonds. The molecule has 3 N–H and O–H groups in total. The van der Waals surface area contributed by atoms with Crippen LogP contribution < -0.4 is 5.32 Å². The molecule has 2 atom stereocenters. The topological polar surface area (TPSA) is 90.9 Å². The highest BCUT2D eigenvalue weighted by Crippen LogP contribution is 2.46. The molecule has 0 radical (unpaired) electrons. The van der Waals surface area contributed by atoms with Gasteiger partial charge in [-0.3, -0.25) is 4.79 Å². The molecule has 2 aromatic carbocycles. The van der Waals surface area contributed by atoms with Crippen molar-refractivity contribution in [2.75, 3.05) is 5.32 Å². The lowest BCUT2D eigenvalue weighted by Gasteiger charge is -2.47. The summed E-state index contributed by atoms with van der Waals surface area (Å²) in [4.78, 5) is 24.4. The number of aliphatic carboxylic acids is 1. The normalized spacial score (nSPS) is 23.5. The number of fused-ring (bicyclic) bond motifs is 4. The van der Waals surface area contributed by atoms with E-state index in [1.54, 1.807) is 6.20 Å². The average Bonchev–Trinajstić information content (AvgIpc) is 3.29. The fourth-order valence-electron chi connectivity index (χ4n) is 5.92. The quantitative estimate of drug-likeness (QED) is 0.336. The van der Waals surface area contributed by atoms with Gasteiger partial charge in [0.15, 0.2) is 5.82 Å². The van der Waals surface area contributed by atoms with Crippen LogP contribution >= 0.6 is 0 Å². The number of halogens is 2. The fraction of sp³-hybridized carbons (Fsp3) is 0.296. The van der Waals surface area contributed by atoms with Gasteiger partial charge in [0.25, 0.3) is 0 Å². The number of carboxylic acids is 1. The number of H-pyrrole nitrogens is 1. The molecular formula is C27H24F2N4O2. The number of nitrogens with zero attached hydrogens (tertiary/aromatic N) is 2. The molecule has 2 aromatic heterocycles. The van der Waals surface area contributed by atoms with Crippen LogP contribution in [0, 0.1) is 29.4 Å². The van der Waals surface area contributed by atoms with Crippen molar-refractivity contribution < 1.29 is 18.7 Å².